The standard InChI is InChI=1S/C10H12BrNO/c1-7-8(3-2-4-12)5-9(13)6-10(7)11/h2-3,5-6,13H,4,12H2,1H3/b3-2+. The molecular weight excluding hydrogens is 230 g/mol. The molecule has 0 aromatic heterocycles. The molecule has 0 unspecified atom stereocenters. The number of phenolic OH excluding ortho intramolecular Hbond substituents is 1. The van der Waals surface area contributed by atoms with Gasteiger partial charge in [-0.25, -0.2) is 0 Å². The van der Waals surface area contributed by atoms with E-state index in [1.54, 1.807) is 12.1 Å². The lowest BCUT2D eigenvalue weighted by atomic mass is 10.1. The SMILES string of the molecule is Cc1c(Br)cc(O)cc1/C=C/CN. The summed E-state index contributed by atoms with van der Waals surface area (Å²) in [6.45, 7) is 2.49. The van der Waals surface area contributed by atoms with Gasteiger partial charge in [-0.05, 0) is 30.2 Å². The molecule has 0 spiro atoms. The van der Waals surface area contributed by atoms with Crippen LogP contribution in [0.5, 0.6) is 5.75 Å². The van der Waals surface area contributed by atoms with E-state index in [2.05, 4.69) is 15.9 Å². The van der Waals surface area contributed by atoms with E-state index in [9.17, 15) is 5.11 Å². The average molecular weight is 242 g/mol. The van der Waals surface area contributed by atoms with Crippen LogP contribution in [0.25, 0.3) is 6.08 Å². The van der Waals surface area contributed by atoms with Gasteiger partial charge in [-0.1, -0.05) is 28.1 Å². The Balaban J connectivity index is 3.12. The number of aromatic hydroxyl groups is 1. The lowest BCUT2D eigenvalue weighted by Crippen LogP contribution is -1.92. The fraction of sp³-hybridized carbons (Fsp3) is 0.200. The molecule has 13 heavy (non-hydrogen) atoms. The quantitative estimate of drug-likeness (QED) is 0.836. The van der Waals surface area contributed by atoms with Gasteiger partial charge in [-0.15, -0.1) is 0 Å². The van der Waals surface area contributed by atoms with Crippen molar-refractivity contribution in [3.63, 3.8) is 0 Å². The van der Waals surface area contributed by atoms with Crippen LogP contribution in [0.4, 0.5) is 0 Å². The van der Waals surface area contributed by atoms with Gasteiger partial charge in [0.05, 0.1) is 0 Å². The summed E-state index contributed by atoms with van der Waals surface area (Å²) in [5.41, 5.74) is 7.42. The van der Waals surface area contributed by atoms with Gasteiger partial charge < -0.3 is 10.8 Å². The van der Waals surface area contributed by atoms with Crippen LogP contribution in [-0.4, -0.2) is 11.7 Å². The largest absolute Gasteiger partial charge is 0.508 e. The van der Waals surface area contributed by atoms with Crippen molar-refractivity contribution < 1.29 is 5.11 Å². The molecule has 1 aromatic rings. The number of hydrogen-bond acceptors (Lipinski definition) is 2. The maximum Gasteiger partial charge on any atom is 0.117 e. The molecular formula is C10H12BrNO. The number of benzene rings is 1. The lowest BCUT2D eigenvalue weighted by molar-refractivity contribution is 0.474. The average Bonchev–Trinajstić information content (AvgIpc) is 2.09. The second kappa shape index (κ2) is 4.44. The minimum Gasteiger partial charge on any atom is -0.508 e. The van der Waals surface area contributed by atoms with E-state index in [1.165, 1.54) is 0 Å². The van der Waals surface area contributed by atoms with Gasteiger partial charge in [0.25, 0.3) is 0 Å². The van der Waals surface area contributed by atoms with Gasteiger partial charge in [0.1, 0.15) is 5.75 Å². The third-order valence-corrected chi connectivity index (χ3v) is 2.63. The van der Waals surface area contributed by atoms with Crippen molar-refractivity contribution in [3.8, 4) is 5.75 Å². The number of hydrogen-bond donors (Lipinski definition) is 2. The first-order chi connectivity index (χ1) is 6.15. The Kier molecular flexibility index (Phi) is 3.51. The highest BCUT2D eigenvalue weighted by Crippen LogP contribution is 2.26. The molecule has 0 aliphatic heterocycles. The van der Waals surface area contributed by atoms with E-state index in [0.29, 0.717) is 6.54 Å². The Bertz CT molecular complexity index is 334. The van der Waals surface area contributed by atoms with Gasteiger partial charge in [0.2, 0.25) is 0 Å². The summed E-state index contributed by atoms with van der Waals surface area (Å²) in [5, 5.41) is 9.32. The maximum atomic E-state index is 9.32. The molecule has 1 rings (SSSR count). The third kappa shape index (κ3) is 2.57. The van der Waals surface area contributed by atoms with Gasteiger partial charge in [0.15, 0.2) is 0 Å². The Morgan fingerprint density at radius 1 is 1.54 bits per heavy atom. The van der Waals surface area contributed by atoms with Crippen molar-refractivity contribution in [2.75, 3.05) is 6.54 Å². The van der Waals surface area contributed by atoms with E-state index in [0.717, 1.165) is 15.6 Å². The minimum absolute atomic E-state index is 0.258. The molecule has 1 aromatic carbocycles. The molecule has 0 bridgehead atoms. The predicted molar refractivity (Wildman–Crippen MR) is 58.6 cm³/mol. The molecule has 0 atom stereocenters. The van der Waals surface area contributed by atoms with E-state index in [1.807, 2.05) is 19.1 Å². The lowest BCUT2D eigenvalue weighted by Gasteiger charge is -2.04. The first-order valence-electron chi connectivity index (χ1n) is 4.01. The zero-order valence-corrected chi connectivity index (χ0v) is 9.01. The van der Waals surface area contributed by atoms with Crippen molar-refractivity contribution in [2.24, 2.45) is 5.73 Å². The van der Waals surface area contributed by atoms with Crippen molar-refractivity contribution in [3.05, 3.63) is 33.8 Å². The van der Waals surface area contributed by atoms with Crippen LogP contribution >= 0.6 is 15.9 Å². The second-order valence-electron chi connectivity index (χ2n) is 2.78. The highest BCUT2D eigenvalue weighted by atomic mass is 79.9. The highest BCUT2D eigenvalue weighted by molar-refractivity contribution is 9.10. The number of halogens is 1. The molecule has 3 heteroatoms. The van der Waals surface area contributed by atoms with E-state index >= 15 is 0 Å². The highest BCUT2D eigenvalue weighted by Gasteiger charge is 2.01. The zero-order valence-electron chi connectivity index (χ0n) is 7.42. The van der Waals surface area contributed by atoms with E-state index in [4.69, 9.17) is 5.73 Å². The summed E-state index contributed by atoms with van der Waals surface area (Å²) >= 11 is 3.36. The van der Waals surface area contributed by atoms with Crippen LogP contribution in [0.2, 0.25) is 0 Å². The first kappa shape index (κ1) is 10.3. The molecule has 0 saturated heterocycles. The molecule has 0 aliphatic carbocycles. The fourth-order valence-electron chi connectivity index (χ4n) is 1.05. The molecule has 3 N–H and O–H groups in total. The Morgan fingerprint density at radius 2 is 2.23 bits per heavy atom. The fourth-order valence-corrected chi connectivity index (χ4v) is 1.52. The van der Waals surface area contributed by atoms with Crippen LogP contribution in [0.15, 0.2) is 22.7 Å². The van der Waals surface area contributed by atoms with Crippen molar-refractivity contribution >= 4 is 22.0 Å². The molecule has 0 heterocycles. The third-order valence-electron chi connectivity index (χ3n) is 1.80. The number of phenols is 1. The molecule has 2 nitrogen and oxygen atoms in total. The summed E-state index contributed by atoms with van der Waals surface area (Å²) in [6.07, 6.45) is 3.76. The van der Waals surface area contributed by atoms with Crippen LogP contribution in [0.3, 0.4) is 0 Å². The summed E-state index contributed by atoms with van der Waals surface area (Å²) < 4.78 is 0.907. The molecule has 0 aliphatic rings. The van der Waals surface area contributed by atoms with Crippen molar-refractivity contribution in [1.82, 2.24) is 0 Å². The Labute approximate surface area is 86.2 Å². The van der Waals surface area contributed by atoms with Crippen LogP contribution in [0, 0.1) is 6.92 Å². The van der Waals surface area contributed by atoms with Gasteiger partial charge in [0, 0.05) is 11.0 Å². The van der Waals surface area contributed by atoms with E-state index in [-0.39, 0.29) is 5.75 Å². The van der Waals surface area contributed by atoms with Gasteiger partial charge >= 0.3 is 0 Å². The molecule has 70 valence electrons. The van der Waals surface area contributed by atoms with Crippen molar-refractivity contribution in [1.29, 1.82) is 0 Å². The second-order valence-corrected chi connectivity index (χ2v) is 3.63. The maximum absolute atomic E-state index is 9.32. The molecule has 0 amide bonds. The normalized spacial score (nSPS) is 11.0. The van der Waals surface area contributed by atoms with E-state index < -0.39 is 0 Å². The van der Waals surface area contributed by atoms with Crippen molar-refractivity contribution in [2.45, 2.75) is 6.92 Å². The molecule has 0 fully saturated rings. The summed E-state index contributed by atoms with van der Waals surface area (Å²) in [4.78, 5) is 0. The predicted octanol–water partition coefficient (Wildman–Crippen LogP) is 2.44. The zero-order chi connectivity index (χ0) is 9.84. The Hall–Kier alpha value is -0.800. The summed E-state index contributed by atoms with van der Waals surface area (Å²) in [6, 6.07) is 3.39. The molecule has 0 saturated carbocycles. The summed E-state index contributed by atoms with van der Waals surface area (Å²) in [5.74, 6) is 0.258. The summed E-state index contributed by atoms with van der Waals surface area (Å²) in [7, 11) is 0. The number of nitrogens with two attached hydrogens (primary N) is 1. The van der Waals surface area contributed by atoms with Crippen LogP contribution in [0.1, 0.15) is 11.1 Å². The molecule has 0 radical (unpaired) electrons. The first-order valence-corrected chi connectivity index (χ1v) is 4.80. The smallest absolute Gasteiger partial charge is 0.117 e. The van der Waals surface area contributed by atoms with Crippen LogP contribution in [-0.2, 0) is 0 Å². The minimum atomic E-state index is 0.258. The monoisotopic (exact) mass is 241 g/mol. The number of rotatable bonds is 2. The van der Waals surface area contributed by atoms with Gasteiger partial charge in [-0.3, -0.25) is 0 Å². The van der Waals surface area contributed by atoms with Crippen LogP contribution < -0.4 is 5.73 Å². The Morgan fingerprint density at radius 3 is 2.85 bits per heavy atom. The topological polar surface area (TPSA) is 46.2 Å². The van der Waals surface area contributed by atoms with Gasteiger partial charge in [-0.2, -0.15) is 0 Å².